The summed E-state index contributed by atoms with van der Waals surface area (Å²) < 4.78 is 0. The summed E-state index contributed by atoms with van der Waals surface area (Å²) >= 11 is 0. The lowest BCUT2D eigenvalue weighted by atomic mass is 10.0. The molecule has 122 valence electrons. The Labute approximate surface area is 134 Å². The van der Waals surface area contributed by atoms with Gasteiger partial charge in [0.1, 0.15) is 18.9 Å². The van der Waals surface area contributed by atoms with Crippen LogP contribution in [0.3, 0.4) is 0 Å². The van der Waals surface area contributed by atoms with Gasteiger partial charge in [-0.15, -0.1) is 0 Å². The number of amides is 3. The van der Waals surface area contributed by atoms with E-state index in [9.17, 15) is 14.4 Å². The van der Waals surface area contributed by atoms with Gasteiger partial charge in [0.05, 0.1) is 12.6 Å². The first-order valence-electron chi connectivity index (χ1n) is 7.68. The van der Waals surface area contributed by atoms with Crippen LogP contribution in [0, 0.1) is 0 Å². The summed E-state index contributed by atoms with van der Waals surface area (Å²) in [7, 11) is 0. The zero-order valence-electron chi connectivity index (χ0n) is 12.7. The number of rotatable bonds is 6. The van der Waals surface area contributed by atoms with E-state index in [1.54, 1.807) is 0 Å². The Morgan fingerprint density at radius 3 is 2.83 bits per heavy atom. The van der Waals surface area contributed by atoms with Gasteiger partial charge in [-0.05, 0) is 18.4 Å². The minimum Gasteiger partial charge on any atom is -0.348 e. The van der Waals surface area contributed by atoms with Crippen molar-refractivity contribution >= 4 is 18.2 Å². The van der Waals surface area contributed by atoms with Crippen LogP contribution in [0.4, 0.5) is 4.79 Å². The van der Waals surface area contributed by atoms with E-state index in [-0.39, 0.29) is 24.5 Å². The van der Waals surface area contributed by atoms with Crippen LogP contribution in [-0.2, 0) is 21.0 Å². The molecule has 2 atom stereocenters. The quantitative estimate of drug-likeness (QED) is 0.784. The molecule has 0 aromatic heterocycles. The molecule has 1 N–H and O–H groups in total. The molecule has 23 heavy (non-hydrogen) atoms. The Hall–Kier alpha value is -2.41. The number of carbonyl (C=O) groups is 3. The van der Waals surface area contributed by atoms with Crippen LogP contribution in [-0.4, -0.2) is 53.4 Å². The first-order chi connectivity index (χ1) is 11.2. The number of piperidine rings is 1. The standard InChI is InChI=1S/C16H19N3O4/c20-9-8-17-15(21)14-7-6-13-10-18(14)16(22)19(13)23-11-12-4-2-1-3-5-12/h1-5,9,13-14H,6-8,10-11H2,(H,17,21)/t13-,14+/m1/s1. The van der Waals surface area contributed by atoms with Gasteiger partial charge in [0.15, 0.2) is 0 Å². The number of benzene rings is 1. The molecule has 2 saturated heterocycles. The maximum Gasteiger partial charge on any atom is 0.345 e. The van der Waals surface area contributed by atoms with Gasteiger partial charge in [-0.2, -0.15) is 5.06 Å². The number of hydrogen-bond donors (Lipinski definition) is 1. The highest BCUT2D eigenvalue weighted by Crippen LogP contribution is 2.30. The van der Waals surface area contributed by atoms with Crippen LogP contribution < -0.4 is 5.32 Å². The lowest BCUT2D eigenvalue weighted by Crippen LogP contribution is -2.50. The number of nitrogens with zero attached hydrogens (tertiary/aromatic N) is 2. The summed E-state index contributed by atoms with van der Waals surface area (Å²) in [5.41, 5.74) is 0.983. The molecule has 7 nitrogen and oxygen atoms in total. The highest BCUT2D eigenvalue weighted by Gasteiger charge is 2.47. The third-order valence-corrected chi connectivity index (χ3v) is 4.20. The highest BCUT2D eigenvalue weighted by atomic mass is 16.7. The van der Waals surface area contributed by atoms with Crippen LogP contribution in [0.25, 0.3) is 0 Å². The minimum absolute atomic E-state index is 0.0265. The van der Waals surface area contributed by atoms with Crippen molar-refractivity contribution in [3.05, 3.63) is 35.9 Å². The van der Waals surface area contributed by atoms with E-state index in [0.29, 0.717) is 32.3 Å². The Morgan fingerprint density at radius 2 is 2.09 bits per heavy atom. The van der Waals surface area contributed by atoms with Crippen molar-refractivity contribution in [1.82, 2.24) is 15.3 Å². The zero-order chi connectivity index (χ0) is 16.2. The third kappa shape index (κ3) is 3.19. The normalized spacial score (nSPS) is 23.0. The van der Waals surface area contributed by atoms with E-state index in [1.165, 1.54) is 9.96 Å². The van der Waals surface area contributed by atoms with Gasteiger partial charge < -0.3 is 15.0 Å². The topological polar surface area (TPSA) is 79.0 Å². The Morgan fingerprint density at radius 1 is 1.30 bits per heavy atom. The largest absolute Gasteiger partial charge is 0.348 e. The van der Waals surface area contributed by atoms with E-state index >= 15 is 0 Å². The van der Waals surface area contributed by atoms with E-state index in [2.05, 4.69) is 5.32 Å². The Balaban J connectivity index is 1.62. The monoisotopic (exact) mass is 317 g/mol. The van der Waals surface area contributed by atoms with Gasteiger partial charge in [0, 0.05) is 6.54 Å². The summed E-state index contributed by atoms with van der Waals surface area (Å²) in [6.07, 6.45) is 1.91. The second-order valence-electron chi connectivity index (χ2n) is 5.68. The van der Waals surface area contributed by atoms with E-state index < -0.39 is 6.04 Å². The van der Waals surface area contributed by atoms with E-state index in [4.69, 9.17) is 4.84 Å². The smallest absolute Gasteiger partial charge is 0.345 e. The molecule has 2 aliphatic rings. The first kappa shape index (κ1) is 15.5. The van der Waals surface area contributed by atoms with Crippen LogP contribution in [0.2, 0.25) is 0 Å². The molecule has 3 rings (SSSR count). The van der Waals surface area contributed by atoms with Crippen molar-refractivity contribution in [2.45, 2.75) is 31.5 Å². The van der Waals surface area contributed by atoms with Crippen molar-refractivity contribution in [3.63, 3.8) is 0 Å². The van der Waals surface area contributed by atoms with E-state index in [1.807, 2.05) is 30.3 Å². The Bertz CT molecular complexity index is 592. The molecule has 0 radical (unpaired) electrons. The summed E-state index contributed by atoms with van der Waals surface area (Å²) in [4.78, 5) is 42.1. The zero-order valence-corrected chi connectivity index (χ0v) is 12.7. The number of aldehydes is 1. The fourth-order valence-electron chi connectivity index (χ4n) is 3.05. The number of urea groups is 1. The first-order valence-corrected chi connectivity index (χ1v) is 7.68. The SMILES string of the molecule is O=CCNC(=O)[C@@H]1CC[C@@H]2CN1C(=O)N2OCc1ccccc1. The van der Waals surface area contributed by atoms with Gasteiger partial charge >= 0.3 is 6.03 Å². The van der Waals surface area contributed by atoms with Gasteiger partial charge in [0.2, 0.25) is 5.91 Å². The molecule has 1 aromatic rings. The highest BCUT2D eigenvalue weighted by molar-refractivity contribution is 5.89. The van der Waals surface area contributed by atoms with Crippen molar-refractivity contribution in [2.24, 2.45) is 0 Å². The molecular formula is C16H19N3O4. The predicted molar refractivity (Wildman–Crippen MR) is 81.1 cm³/mol. The lowest BCUT2D eigenvalue weighted by molar-refractivity contribution is -0.140. The van der Waals surface area contributed by atoms with Crippen molar-refractivity contribution in [1.29, 1.82) is 0 Å². The lowest BCUT2D eigenvalue weighted by Gasteiger charge is -2.28. The molecule has 2 aliphatic heterocycles. The molecule has 2 fully saturated rings. The molecule has 1 aromatic carbocycles. The molecule has 0 aliphatic carbocycles. The van der Waals surface area contributed by atoms with Crippen LogP contribution in [0.5, 0.6) is 0 Å². The average molecular weight is 317 g/mol. The van der Waals surface area contributed by atoms with E-state index in [0.717, 1.165) is 5.56 Å². The molecular weight excluding hydrogens is 298 g/mol. The summed E-state index contributed by atoms with van der Waals surface area (Å²) in [6.45, 7) is 0.765. The molecule has 2 bridgehead atoms. The maximum atomic E-state index is 12.5. The second-order valence-corrected chi connectivity index (χ2v) is 5.68. The Kier molecular flexibility index (Phi) is 4.57. The number of carbonyl (C=O) groups excluding carboxylic acids is 3. The summed E-state index contributed by atoms with van der Waals surface area (Å²) in [6, 6.07) is 8.79. The van der Waals surface area contributed by atoms with Crippen molar-refractivity contribution in [3.8, 4) is 0 Å². The molecule has 0 saturated carbocycles. The molecule has 7 heteroatoms. The van der Waals surface area contributed by atoms with Crippen LogP contribution in [0.15, 0.2) is 30.3 Å². The van der Waals surface area contributed by atoms with Gasteiger partial charge in [0.25, 0.3) is 0 Å². The number of fused-ring (bicyclic) bond motifs is 2. The van der Waals surface area contributed by atoms with Crippen molar-refractivity contribution in [2.75, 3.05) is 13.1 Å². The molecule has 3 amide bonds. The summed E-state index contributed by atoms with van der Waals surface area (Å²) in [5.74, 6) is -0.284. The van der Waals surface area contributed by atoms with Crippen molar-refractivity contribution < 1.29 is 19.2 Å². The number of nitrogens with one attached hydrogen (secondary N) is 1. The average Bonchev–Trinajstić information content (AvgIpc) is 2.83. The summed E-state index contributed by atoms with van der Waals surface area (Å²) in [5, 5.41) is 3.91. The fraction of sp³-hybridized carbons (Fsp3) is 0.438. The second kappa shape index (κ2) is 6.78. The maximum absolute atomic E-state index is 12.5. The van der Waals surface area contributed by atoms with Crippen LogP contribution in [0.1, 0.15) is 18.4 Å². The number of hydrogen-bond acceptors (Lipinski definition) is 4. The van der Waals surface area contributed by atoms with Gasteiger partial charge in [-0.1, -0.05) is 30.3 Å². The van der Waals surface area contributed by atoms with Gasteiger partial charge in [-0.3, -0.25) is 9.63 Å². The number of hydroxylamine groups is 2. The molecule has 0 spiro atoms. The van der Waals surface area contributed by atoms with Gasteiger partial charge in [-0.25, -0.2) is 4.79 Å². The predicted octanol–water partition coefficient (Wildman–Crippen LogP) is 0.702. The minimum atomic E-state index is -0.524. The molecule has 2 heterocycles. The third-order valence-electron chi connectivity index (χ3n) is 4.20. The fourth-order valence-corrected chi connectivity index (χ4v) is 3.05. The molecule has 0 unspecified atom stereocenters. The van der Waals surface area contributed by atoms with Crippen LogP contribution >= 0.6 is 0 Å².